The van der Waals surface area contributed by atoms with Gasteiger partial charge >= 0.3 is 0 Å². The van der Waals surface area contributed by atoms with Crippen LogP contribution in [0.5, 0.6) is 5.75 Å². The summed E-state index contributed by atoms with van der Waals surface area (Å²) in [6.07, 6.45) is 3.30. The van der Waals surface area contributed by atoms with Gasteiger partial charge in [0.2, 0.25) is 0 Å². The number of nitrogens with zero attached hydrogens (tertiary/aromatic N) is 2. The van der Waals surface area contributed by atoms with E-state index in [4.69, 9.17) is 9.15 Å². The van der Waals surface area contributed by atoms with E-state index < -0.39 is 0 Å². The number of amides is 1. The molecular weight excluding hydrogens is 323 g/mol. The Labute approximate surface area is 147 Å². The maximum Gasteiger partial charge on any atom is 0.289 e. The summed E-state index contributed by atoms with van der Waals surface area (Å²) in [5.41, 5.74) is 0.977. The first kappa shape index (κ1) is 17.5. The molecule has 0 atom stereocenters. The third-order valence-corrected chi connectivity index (χ3v) is 4.55. The number of carbonyl (C=O) groups excluding carboxylic acids is 1. The molecule has 0 bridgehead atoms. The Kier molecular flexibility index (Phi) is 5.71. The SMILES string of the molecule is COc1ccc(CCCN2CCN(C(=O)c3ccco3)CC2)cc1F. The summed E-state index contributed by atoms with van der Waals surface area (Å²) in [4.78, 5) is 16.4. The molecular formula is C19H23FN2O3. The molecule has 1 aliphatic rings. The molecule has 0 unspecified atom stereocenters. The number of piperazine rings is 1. The van der Waals surface area contributed by atoms with Crippen LogP contribution in [0.15, 0.2) is 41.0 Å². The molecule has 3 rings (SSSR count). The van der Waals surface area contributed by atoms with Crippen molar-refractivity contribution in [2.24, 2.45) is 0 Å². The molecule has 25 heavy (non-hydrogen) atoms. The van der Waals surface area contributed by atoms with E-state index in [1.54, 1.807) is 24.3 Å². The van der Waals surface area contributed by atoms with Gasteiger partial charge in [-0.05, 0) is 49.2 Å². The molecule has 0 spiro atoms. The van der Waals surface area contributed by atoms with Crippen LogP contribution >= 0.6 is 0 Å². The number of aryl methyl sites for hydroxylation is 1. The summed E-state index contributed by atoms with van der Waals surface area (Å²) in [6.45, 7) is 4.05. The summed E-state index contributed by atoms with van der Waals surface area (Å²) in [7, 11) is 1.47. The number of carbonyl (C=O) groups is 1. The summed E-state index contributed by atoms with van der Waals surface area (Å²) < 4.78 is 23.8. The third kappa shape index (κ3) is 4.39. The van der Waals surface area contributed by atoms with Crippen molar-refractivity contribution in [2.75, 3.05) is 39.8 Å². The van der Waals surface area contributed by atoms with Crippen LogP contribution in [0, 0.1) is 5.82 Å². The molecule has 134 valence electrons. The maximum atomic E-state index is 13.7. The first-order valence-corrected chi connectivity index (χ1v) is 8.55. The summed E-state index contributed by atoms with van der Waals surface area (Å²) >= 11 is 0. The highest BCUT2D eigenvalue weighted by molar-refractivity contribution is 5.91. The van der Waals surface area contributed by atoms with Gasteiger partial charge in [-0.3, -0.25) is 9.69 Å². The van der Waals surface area contributed by atoms with Gasteiger partial charge in [0.25, 0.3) is 5.91 Å². The van der Waals surface area contributed by atoms with Crippen molar-refractivity contribution in [2.45, 2.75) is 12.8 Å². The average Bonchev–Trinajstić information content (AvgIpc) is 3.16. The van der Waals surface area contributed by atoms with Gasteiger partial charge < -0.3 is 14.1 Å². The number of benzene rings is 1. The second-order valence-corrected chi connectivity index (χ2v) is 6.18. The van der Waals surface area contributed by atoms with Gasteiger partial charge in [-0.15, -0.1) is 0 Å². The number of ether oxygens (including phenoxy) is 1. The van der Waals surface area contributed by atoms with E-state index in [0.29, 0.717) is 18.8 Å². The zero-order chi connectivity index (χ0) is 17.6. The van der Waals surface area contributed by atoms with E-state index in [2.05, 4.69) is 4.90 Å². The zero-order valence-electron chi connectivity index (χ0n) is 14.4. The monoisotopic (exact) mass is 346 g/mol. The number of methoxy groups -OCH3 is 1. The normalized spacial score (nSPS) is 15.4. The fourth-order valence-corrected chi connectivity index (χ4v) is 3.10. The van der Waals surface area contributed by atoms with Crippen molar-refractivity contribution in [1.29, 1.82) is 0 Å². The van der Waals surface area contributed by atoms with Gasteiger partial charge in [-0.2, -0.15) is 0 Å². The van der Waals surface area contributed by atoms with Crippen LogP contribution in [0.3, 0.4) is 0 Å². The number of furan rings is 1. The average molecular weight is 346 g/mol. The van der Waals surface area contributed by atoms with Crippen molar-refractivity contribution in [3.8, 4) is 5.75 Å². The van der Waals surface area contributed by atoms with Gasteiger partial charge in [-0.1, -0.05) is 6.07 Å². The molecule has 1 saturated heterocycles. The summed E-state index contributed by atoms with van der Waals surface area (Å²) in [5.74, 6) is 0.319. The van der Waals surface area contributed by atoms with E-state index in [1.165, 1.54) is 13.4 Å². The number of hydrogen-bond acceptors (Lipinski definition) is 4. The molecule has 1 aromatic carbocycles. The van der Waals surface area contributed by atoms with Crippen molar-refractivity contribution in [1.82, 2.24) is 9.80 Å². The lowest BCUT2D eigenvalue weighted by atomic mass is 10.1. The maximum absolute atomic E-state index is 13.7. The highest BCUT2D eigenvalue weighted by Gasteiger charge is 2.23. The number of hydrogen-bond donors (Lipinski definition) is 0. The molecule has 0 radical (unpaired) electrons. The largest absolute Gasteiger partial charge is 0.494 e. The Morgan fingerprint density at radius 3 is 2.68 bits per heavy atom. The first-order valence-electron chi connectivity index (χ1n) is 8.55. The zero-order valence-corrected chi connectivity index (χ0v) is 14.4. The van der Waals surface area contributed by atoms with Crippen LogP contribution < -0.4 is 4.74 Å². The Balaban J connectivity index is 1.41. The molecule has 0 saturated carbocycles. The van der Waals surface area contributed by atoms with Crippen LogP contribution in [-0.4, -0.2) is 55.5 Å². The predicted octanol–water partition coefficient (Wildman–Crippen LogP) is 2.82. The lowest BCUT2D eigenvalue weighted by molar-refractivity contribution is 0.0605. The van der Waals surface area contributed by atoms with Crippen molar-refractivity contribution in [3.05, 3.63) is 53.7 Å². The van der Waals surface area contributed by atoms with Gasteiger partial charge in [-0.25, -0.2) is 4.39 Å². The van der Waals surface area contributed by atoms with E-state index in [1.807, 2.05) is 11.0 Å². The van der Waals surface area contributed by atoms with Gasteiger partial charge in [0.05, 0.1) is 13.4 Å². The minimum atomic E-state index is -0.315. The highest BCUT2D eigenvalue weighted by Crippen LogP contribution is 2.18. The molecule has 1 fully saturated rings. The molecule has 0 aliphatic carbocycles. The fourth-order valence-electron chi connectivity index (χ4n) is 3.10. The lowest BCUT2D eigenvalue weighted by Gasteiger charge is -2.34. The van der Waals surface area contributed by atoms with Crippen LogP contribution in [-0.2, 0) is 6.42 Å². The smallest absolute Gasteiger partial charge is 0.289 e. The van der Waals surface area contributed by atoms with Crippen LogP contribution in [0.4, 0.5) is 4.39 Å². The quantitative estimate of drug-likeness (QED) is 0.807. The van der Waals surface area contributed by atoms with Crippen LogP contribution in [0.2, 0.25) is 0 Å². The van der Waals surface area contributed by atoms with Gasteiger partial charge in [0, 0.05) is 26.2 Å². The molecule has 0 N–H and O–H groups in total. The summed E-state index contributed by atoms with van der Waals surface area (Å²) in [5, 5.41) is 0. The molecule has 1 amide bonds. The first-order chi connectivity index (χ1) is 12.2. The summed E-state index contributed by atoms with van der Waals surface area (Å²) in [6, 6.07) is 8.54. The standard InChI is InChI=1S/C19H23FN2O3/c1-24-17-7-6-15(14-16(17)20)4-2-8-21-9-11-22(12-10-21)19(23)18-5-3-13-25-18/h3,5-7,13-14H,2,4,8-12H2,1H3. The Bertz CT molecular complexity index is 695. The van der Waals surface area contributed by atoms with E-state index in [9.17, 15) is 9.18 Å². The molecule has 1 aromatic heterocycles. The molecule has 1 aliphatic heterocycles. The predicted molar refractivity (Wildman–Crippen MR) is 92.3 cm³/mol. The lowest BCUT2D eigenvalue weighted by Crippen LogP contribution is -2.48. The molecule has 5 nitrogen and oxygen atoms in total. The molecule has 6 heteroatoms. The fraction of sp³-hybridized carbons (Fsp3) is 0.421. The van der Waals surface area contributed by atoms with E-state index in [0.717, 1.165) is 38.0 Å². The number of halogens is 1. The van der Waals surface area contributed by atoms with Gasteiger partial charge in [0.15, 0.2) is 17.3 Å². The Hall–Kier alpha value is -2.34. The number of rotatable bonds is 6. The van der Waals surface area contributed by atoms with E-state index >= 15 is 0 Å². The van der Waals surface area contributed by atoms with Crippen molar-refractivity contribution < 1.29 is 18.3 Å². The van der Waals surface area contributed by atoms with Crippen LogP contribution in [0.1, 0.15) is 22.5 Å². The third-order valence-electron chi connectivity index (χ3n) is 4.55. The Morgan fingerprint density at radius 1 is 1.24 bits per heavy atom. The van der Waals surface area contributed by atoms with Gasteiger partial charge in [0.1, 0.15) is 0 Å². The van der Waals surface area contributed by atoms with Crippen LogP contribution in [0.25, 0.3) is 0 Å². The Morgan fingerprint density at radius 2 is 2.04 bits per heavy atom. The van der Waals surface area contributed by atoms with E-state index in [-0.39, 0.29) is 17.5 Å². The highest BCUT2D eigenvalue weighted by atomic mass is 19.1. The second-order valence-electron chi connectivity index (χ2n) is 6.18. The second kappa shape index (κ2) is 8.16. The topological polar surface area (TPSA) is 45.9 Å². The molecule has 2 aromatic rings. The minimum absolute atomic E-state index is 0.0432. The van der Waals surface area contributed by atoms with Crippen molar-refractivity contribution >= 4 is 5.91 Å². The van der Waals surface area contributed by atoms with Crippen molar-refractivity contribution in [3.63, 3.8) is 0 Å². The molecule has 2 heterocycles. The minimum Gasteiger partial charge on any atom is -0.494 e.